The molecular formula is C20H22BrNO3. The van der Waals surface area contributed by atoms with E-state index in [0.29, 0.717) is 17.0 Å². The lowest BCUT2D eigenvalue weighted by Gasteiger charge is -2.11. The van der Waals surface area contributed by atoms with Crippen LogP contribution in [0.1, 0.15) is 26.3 Å². The van der Waals surface area contributed by atoms with Crippen LogP contribution >= 0.6 is 15.9 Å². The minimum Gasteiger partial charge on any atom is -0.507 e. The van der Waals surface area contributed by atoms with Gasteiger partial charge in [-0.25, -0.2) is 0 Å². The number of nitrogens with zero attached hydrogens (tertiary/aromatic N) is 1. The fourth-order valence-corrected chi connectivity index (χ4v) is 2.80. The first-order valence-electron chi connectivity index (χ1n) is 8.24. The van der Waals surface area contributed by atoms with Crippen molar-refractivity contribution in [3.63, 3.8) is 0 Å². The van der Waals surface area contributed by atoms with Gasteiger partial charge in [0.05, 0.1) is 7.11 Å². The molecule has 0 aliphatic carbocycles. The summed E-state index contributed by atoms with van der Waals surface area (Å²) in [5.74, 6) is 0.786. The molecule has 132 valence electrons. The molecule has 2 aromatic carbocycles. The number of hydrogen-bond donors (Lipinski definition) is 1. The zero-order valence-corrected chi connectivity index (χ0v) is 16.4. The predicted molar refractivity (Wildman–Crippen MR) is 104 cm³/mol. The van der Waals surface area contributed by atoms with Crippen molar-refractivity contribution in [1.29, 1.82) is 0 Å². The second-order valence-electron chi connectivity index (χ2n) is 5.12. The smallest absolute Gasteiger partial charge is 0.132 e. The zero-order chi connectivity index (χ0) is 18.4. The molecular weight excluding hydrogens is 382 g/mol. The highest BCUT2D eigenvalue weighted by Crippen LogP contribution is 2.39. The number of hydrogen-bond acceptors (Lipinski definition) is 4. The van der Waals surface area contributed by atoms with Crippen molar-refractivity contribution in [2.75, 3.05) is 7.11 Å². The highest BCUT2D eigenvalue weighted by molar-refractivity contribution is 9.10. The number of phenols is 1. The van der Waals surface area contributed by atoms with Crippen LogP contribution in [0.3, 0.4) is 0 Å². The van der Waals surface area contributed by atoms with Gasteiger partial charge in [0, 0.05) is 21.7 Å². The van der Waals surface area contributed by atoms with E-state index < -0.39 is 0 Å². The van der Waals surface area contributed by atoms with Gasteiger partial charge in [-0.15, -0.1) is 0 Å². The maximum atomic E-state index is 10.4. The Labute approximate surface area is 156 Å². The molecule has 0 spiro atoms. The van der Waals surface area contributed by atoms with Crippen LogP contribution in [0, 0.1) is 0 Å². The minimum atomic E-state index is 0.117. The van der Waals surface area contributed by atoms with Crippen LogP contribution in [0.2, 0.25) is 0 Å². The first kappa shape index (κ1) is 19.1. The molecule has 1 aromatic heterocycles. The number of aryl methyl sites for hydroxylation is 1. The molecule has 0 aliphatic rings. The van der Waals surface area contributed by atoms with E-state index in [0.717, 1.165) is 27.6 Å². The lowest BCUT2D eigenvalue weighted by Crippen LogP contribution is -1.93. The normalized spacial score (nSPS) is 10.1. The third kappa shape index (κ3) is 4.04. The monoisotopic (exact) mass is 403 g/mol. The molecule has 0 aliphatic heterocycles. The van der Waals surface area contributed by atoms with E-state index in [2.05, 4.69) is 21.1 Å². The SMILES string of the molecule is CC.CCc1cc(-c2nocc2-c2ccc(Br)cc2)c(O)cc1OC. The lowest BCUT2D eigenvalue weighted by atomic mass is 9.98. The summed E-state index contributed by atoms with van der Waals surface area (Å²) >= 11 is 3.43. The predicted octanol–water partition coefficient (Wildman–Crippen LogP) is 6.07. The maximum absolute atomic E-state index is 10.4. The van der Waals surface area contributed by atoms with Crippen LogP contribution in [0.5, 0.6) is 11.5 Å². The molecule has 1 heterocycles. The Morgan fingerprint density at radius 1 is 1.12 bits per heavy atom. The summed E-state index contributed by atoms with van der Waals surface area (Å²) in [4.78, 5) is 0. The quantitative estimate of drug-likeness (QED) is 0.573. The number of rotatable bonds is 4. The maximum Gasteiger partial charge on any atom is 0.132 e. The van der Waals surface area contributed by atoms with Gasteiger partial charge in [0.25, 0.3) is 0 Å². The van der Waals surface area contributed by atoms with Gasteiger partial charge >= 0.3 is 0 Å². The van der Waals surface area contributed by atoms with E-state index in [-0.39, 0.29) is 5.75 Å². The fraction of sp³-hybridized carbons (Fsp3) is 0.250. The van der Waals surface area contributed by atoms with Crippen LogP contribution in [-0.4, -0.2) is 17.4 Å². The second kappa shape index (κ2) is 8.72. The molecule has 5 heteroatoms. The lowest BCUT2D eigenvalue weighted by molar-refractivity contribution is 0.403. The molecule has 0 saturated heterocycles. The third-order valence-electron chi connectivity index (χ3n) is 3.76. The molecule has 0 amide bonds. The number of aromatic hydroxyl groups is 1. The minimum absolute atomic E-state index is 0.117. The van der Waals surface area contributed by atoms with Gasteiger partial charge in [0.2, 0.25) is 0 Å². The van der Waals surface area contributed by atoms with Gasteiger partial charge in [0.1, 0.15) is 23.5 Å². The summed E-state index contributed by atoms with van der Waals surface area (Å²) in [7, 11) is 1.59. The number of phenolic OH excluding ortho intramolecular Hbond substituents is 1. The molecule has 0 radical (unpaired) electrons. The number of benzene rings is 2. The van der Waals surface area contributed by atoms with Gasteiger partial charge in [-0.1, -0.05) is 54.0 Å². The molecule has 3 rings (SSSR count). The summed E-state index contributed by atoms with van der Waals surface area (Å²) < 4.78 is 11.5. The molecule has 0 saturated carbocycles. The number of methoxy groups -OCH3 is 1. The van der Waals surface area contributed by atoms with Crippen molar-refractivity contribution < 1.29 is 14.4 Å². The van der Waals surface area contributed by atoms with Crippen LogP contribution in [0.4, 0.5) is 0 Å². The third-order valence-corrected chi connectivity index (χ3v) is 4.29. The van der Waals surface area contributed by atoms with Gasteiger partial charge in [-0.3, -0.25) is 0 Å². The Balaban J connectivity index is 0.00000109. The van der Waals surface area contributed by atoms with Crippen molar-refractivity contribution in [1.82, 2.24) is 5.16 Å². The summed E-state index contributed by atoms with van der Waals surface area (Å²) in [6.07, 6.45) is 2.38. The average Bonchev–Trinajstić information content (AvgIpc) is 3.13. The Morgan fingerprint density at radius 3 is 2.40 bits per heavy atom. The summed E-state index contributed by atoms with van der Waals surface area (Å²) in [6.45, 7) is 6.04. The van der Waals surface area contributed by atoms with E-state index in [1.54, 1.807) is 19.4 Å². The summed E-state index contributed by atoms with van der Waals surface area (Å²) in [5, 5.41) is 14.4. The van der Waals surface area contributed by atoms with Crippen molar-refractivity contribution in [2.45, 2.75) is 27.2 Å². The Kier molecular flexibility index (Phi) is 6.65. The van der Waals surface area contributed by atoms with Crippen LogP contribution < -0.4 is 4.74 Å². The van der Waals surface area contributed by atoms with E-state index in [1.807, 2.05) is 51.1 Å². The molecule has 25 heavy (non-hydrogen) atoms. The topological polar surface area (TPSA) is 55.5 Å². The zero-order valence-electron chi connectivity index (χ0n) is 14.8. The van der Waals surface area contributed by atoms with E-state index in [9.17, 15) is 5.11 Å². The summed E-state index contributed by atoms with van der Waals surface area (Å²) in [5.41, 5.74) is 4.05. The standard InChI is InChI=1S/C18H16BrNO3.C2H6/c1-3-11-8-14(16(21)9-17(11)22-2)18-15(10-23-20-18)12-4-6-13(19)7-5-12;1-2/h4-10,21H,3H2,1-2H3;1-2H3. The van der Waals surface area contributed by atoms with E-state index in [1.165, 1.54) is 0 Å². The number of halogens is 1. The fourth-order valence-electron chi connectivity index (χ4n) is 2.54. The van der Waals surface area contributed by atoms with Crippen molar-refractivity contribution >= 4 is 15.9 Å². The van der Waals surface area contributed by atoms with E-state index in [4.69, 9.17) is 9.26 Å². The van der Waals surface area contributed by atoms with Crippen molar-refractivity contribution in [2.24, 2.45) is 0 Å². The average molecular weight is 404 g/mol. The Bertz CT molecular complexity index is 825. The molecule has 0 atom stereocenters. The Hall–Kier alpha value is -2.27. The van der Waals surface area contributed by atoms with Crippen molar-refractivity contribution in [3.8, 4) is 33.9 Å². The summed E-state index contributed by atoms with van der Waals surface area (Å²) in [6, 6.07) is 11.4. The van der Waals surface area contributed by atoms with E-state index >= 15 is 0 Å². The van der Waals surface area contributed by atoms with Gasteiger partial charge < -0.3 is 14.4 Å². The molecule has 1 N–H and O–H groups in total. The molecule has 0 fully saturated rings. The van der Waals surface area contributed by atoms with Gasteiger partial charge in [-0.05, 0) is 35.7 Å². The number of ether oxygens (including phenoxy) is 1. The van der Waals surface area contributed by atoms with Gasteiger partial charge in [0.15, 0.2) is 0 Å². The van der Waals surface area contributed by atoms with Crippen LogP contribution in [0.25, 0.3) is 22.4 Å². The number of aromatic nitrogens is 1. The first-order valence-corrected chi connectivity index (χ1v) is 9.04. The second-order valence-corrected chi connectivity index (χ2v) is 6.03. The van der Waals surface area contributed by atoms with Crippen molar-refractivity contribution in [3.05, 3.63) is 52.7 Å². The largest absolute Gasteiger partial charge is 0.507 e. The molecule has 0 unspecified atom stereocenters. The highest BCUT2D eigenvalue weighted by atomic mass is 79.9. The molecule has 4 nitrogen and oxygen atoms in total. The highest BCUT2D eigenvalue weighted by Gasteiger charge is 2.18. The van der Waals surface area contributed by atoms with Gasteiger partial charge in [-0.2, -0.15) is 0 Å². The van der Waals surface area contributed by atoms with Crippen LogP contribution in [-0.2, 0) is 6.42 Å². The molecule has 0 bridgehead atoms. The molecule has 3 aromatic rings. The first-order chi connectivity index (χ1) is 12.1. The Morgan fingerprint density at radius 2 is 1.80 bits per heavy atom. The van der Waals surface area contributed by atoms with Crippen LogP contribution in [0.15, 0.2) is 51.7 Å².